The van der Waals surface area contributed by atoms with Crippen LogP contribution in [0.1, 0.15) is 37.5 Å². The van der Waals surface area contributed by atoms with Crippen LogP contribution < -0.4 is 21.9 Å². The van der Waals surface area contributed by atoms with Crippen LogP contribution in [-0.4, -0.2) is 22.0 Å². The smallest absolute Gasteiger partial charge is 0.272 e. The number of fused-ring (bicyclic) bond motifs is 1. The molecule has 40 heavy (non-hydrogen) atoms. The van der Waals surface area contributed by atoms with E-state index in [4.69, 9.17) is 5.73 Å². The molecule has 0 atom stereocenters. The van der Waals surface area contributed by atoms with Crippen molar-refractivity contribution in [1.29, 1.82) is 0 Å². The van der Waals surface area contributed by atoms with Crippen LogP contribution in [0.25, 0.3) is 10.8 Å². The van der Waals surface area contributed by atoms with Crippen molar-refractivity contribution in [3.8, 4) is 0 Å². The number of anilines is 2. The lowest BCUT2D eigenvalue weighted by Crippen LogP contribution is -2.24. The standard InChI is InChI=1S/C30H23F2N5O3/c31-20-10-12-26(25(33)15-20)35-28(38)19-8-5-17(6-9-19)16-34-29(39)23-13-18(7-11-24(23)32)14-27-21-3-1-2-4-22(21)30(40)37-36-27/h1-13,15H,14,16,33H2,(H,34,39)(H,35,38)(H,37,40). The number of carbonyl (C=O) groups is 2. The second-order valence-electron chi connectivity index (χ2n) is 9.10. The van der Waals surface area contributed by atoms with Crippen molar-refractivity contribution in [3.05, 3.63) is 135 Å². The number of aromatic amines is 1. The fourth-order valence-corrected chi connectivity index (χ4v) is 4.25. The maximum absolute atomic E-state index is 14.6. The Labute approximate surface area is 226 Å². The lowest BCUT2D eigenvalue weighted by atomic mass is 10.0. The molecular formula is C30H23F2N5O3. The number of nitrogens with one attached hydrogen (secondary N) is 3. The van der Waals surface area contributed by atoms with Crippen LogP contribution in [0, 0.1) is 11.6 Å². The van der Waals surface area contributed by atoms with E-state index in [0.29, 0.717) is 33.2 Å². The lowest BCUT2D eigenvalue weighted by Gasteiger charge is -2.10. The van der Waals surface area contributed by atoms with Gasteiger partial charge in [0.15, 0.2) is 0 Å². The van der Waals surface area contributed by atoms with Crippen molar-refractivity contribution in [3.63, 3.8) is 0 Å². The summed E-state index contributed by atoms with van der Waals surface area (Å²) in [7, 11) is 0. The molecule has 0 fully saturated rings. The SMILES string of the molecule is Nc1cc(F)ccc1NC(=O)c1ccc(CNC(=O)c2cc(Cc3n[nH]c(=O)c4ccccc34)ccc2F)cc1. The van der Waals surface area contributed by atoms with Crippen LogP contribution in [0.2, 0.25) is 0 Å². The second-order valence-corrected chi connectivity index (χ2v) is 9.10. The Morgan fingerprint density at radius 2 is 1.57 bits per heavy atom. The molecule has 1 aromatic heterocycles. The Morgan fingerprint density at radius 1 is 0.850 bits per heavy atom. The predicted molar refractivity (Wildman–Crippen MR) is 148 cm³/mol. The van der Waals surface area contributed by atoms with Gasteiger partial charge in [-0.15, -0.1) is 0 Å². The summed E-state index contributed by atoms with van der Waals surface area (Å²) in [4.78, 5) is 37.4. The van der Waals surface area contributed by atoms with Gasteiger partial charge in [-0.2, -0.15) is 5.10 Å². The first-order chi connectivity index (χ1) is 19.3. The number of benzene rings is 4. The third-order valence-electron chi connectivity index (χ3n) is 6.35. The number of rotatable bonds is 7. The molecule has 5 N–H and O–H groups in total. The Balaban J connectivity index is 1.24. The van der Waals surface area contributed by atoms with Crippen molar-refractivity contribution in [1.82, 2.24) is 15.5 Å². The van der Waals surface area contributed by atoms with Crippen LogP contribution in [-0.2, 0) is 13.0 Å². The normalized spacial score (nSPS) is 10.8. The number of nitrogen functional groups attached to an aromatic ring is 1. The highest BCUT2D eigenvalue weighted by Crippen LogP contribution is 2.21. The molecule has 5 aromatic rings. The van der Waals surface area contributed by atoms with Gasteiger partial charge in [-0.1, -0.05) is 36.4 Å². The van der Waals surface area contributed by atoms with Crippen molar-refractivity contribution in [2.45, 2.75) is 13.0 Å². The first-order valence-corrected chi connectivity index (χ1v) is 12.3. The molecule has 5 rings (SSSR count). The fourth-order valence-electron chi connectivity index (χ4n) is 4.25. The van der Waals surface area contributed by atoms with E-state index in [2.05, 4.69) is 20.8 Å². The van der Waals surface area contributed by atoms with Crippen molar-refractivity contribution < 1.29 is 18.4 Å². The van der Waals surface area contributed by atoms with Crippen LogP contribution in [0.3, 0.4) is 0 Å². The Bertz CT molecular complexity index is 1800. The molecule has 0 saturated heterocycles. The molecule has 0 aliphatic heterocycles. The second kappa shape index (κ2) is 11.2. The molecule has 200 valence electrons. The summed E-state index contributed by atoms with van der Waals surface area (Å²) in [6, 6.07) is 21.4. The molecule has 0 aliphatic carbocycles. The average Bonchev–Trinajstić information content (AvgIpc) is 2.96. The maximum atomic E-state index is 14.6. The summed E-state index contributed by atoms with van der Waals surface area (Å²) in [5.74, 6) is -2.22. The van der Waals surface area contributed by atoms with Gasteiger partial charge < -0.3 is 16.4 Å². The highest BCUT2D eigenvalue weighted by atomic mass is 19.1. The molecule has 8 nitrogen and oxygen atoms in total. The van der Waals surface area contributed by atoms with Crippen molar-refractivity contribution >= 4 is 34.0 Å². The van der Waals surface area contributed by atoms with Gasteiger partial charge >= 0.3 is 0 Å². The average molecular weight is 540 g/mol. The molecule has 2 amide bonds. The van der Waals surface area contributed by atoms with E-state index < -0.39 is 23.4 Å². The van der Waals surface area contributed by atoms with E-state index in [0.717, 1.165) is 6.07 Å². The number of amides is 2. The van der Waals surface area contributed by atoms with Crippen LogP contribution in [0.15, 0.2) is 89.7 Å². The summed E-state index contributed by atoms with van der Waals surface area (Å²) >= 11 is 0. The van der Waals surface area contributed by atoms with Gasteiger partial charge in [0.1, 0.15) is 11.6 Å². The largest absolute Gasteiger partial charge is 0.397 e. The fraction of sp³-hybridized carbons (Fsp3) is 0.0667. The van der Waals surface area contributed by atoms with Gasteiger partial charge in [-0.3, -0.25) is 14.4 Å². The topological polar surface area (TPSA) is 130 Å². The maximum Gasteiger partial charge on any atom is 0.272 e. The summed E-state index contributed by atoms with van der Waals surface area (Å²) in [5, 5.41) is 13.1. The molecule has 0 bridgehead atoms. The quantitative estimate of drug-likeness (QED) is 0.225. The first-order valence-electron chi connectivity index (χ1n) is 12.3. The van der Waals surface area contributed by atoms with Gasteiger partial charge in [0.2, 0.25) is 0 Å². The van der Waals surface area contributed by atoms with Crippen LogP contribution in [0.4, 0.5) is 20.2 Å². The third kappa shape index (κ3) is 5.70. The zero-order chi connectivity index (χ0) is 28.2. The summed E-state index contributed by atoms with van der Waals surface area (Å²) in [6.07, 6.45) is 0.283. The number of nitrogens with zero attached hydrogens (tertiary/aromatic N) is 1. The van der Waals surface area contributed by atoms with Gasteiger partial charge in [-0.25, -0.2) is 13.9 Å². The lowest BCUT2D eigenvalue weighted by molar-refractivity contribution is 0.0945. The number of halogens is 2. The minimum absolute atomic E-state index is 0.0986. The van der Waals surface area contributed by atoms with E-state index >= 15 is 0 Å². The summed E-state index contributed by atoms with van der Waals surface area (Å²) < 4.78 is 27.8. The predicted octanol–water partition coefficient (Wildman–Crippen LogP) is 4.56. The molecule has 1 heterocycles. The third-order valence-corrected chi connectivity index (χ3v) is 6.35. The molecule has 10 heteroatoms. The minimum Gasteiger partial charge on any atom is -0.397 e. The molecule has 0 aliphatic rings. The Morgan fingerprint density at radius 3 is 2.33 bits per heavy atom. The zero-order valence-electron chi connectivity index (χ0n) is 21.0. The van der Waals surface area contributed by atoms with Gasteiger partial charge in [-0.05, 0) is 59.7 Å². The number of nitrogens with two attached hydrogens (primary N) is 1. The summed E-state index contributed by atoms with van der Waals surface area (Å²) in [6.45, 7) is 0.0986. The molecule has 0 radical (unpaired) electrons. The van der Waals surface area contributed by atoms with Crippen molar-refractivity contribution in [2.24, 2.45) is 0 Å². The highest BCUT2D eigenvalue weighted by Gasteiger charge is 2.15. The van der Waals surface area contributed by atoms with E-state index in [1.807, 2.05) is 0 Å². The Hall–Kier alpha value is -5.38. The molecule has 0 saturated carbocycles. The van der Waals surface area contributed by atoms with Gasteiger partial charge in [0, 0.05) is 23.9 Å². The van der Waals surface area contributed by atoms with E-state index in [1.165, 1.54) is 24.3 Å². The highest BCUT2D eigenvalue weighted by molar-refractivity contribution is 6.05. The number of aromatic nitrogens is 2. The monoisotopic (exact) mass is 539 g/mol. The van der Waals surface area contributed by atoms with Gasteiger partial charge in [0.25, 0.3) is 17.4 Å². The number of H-pyrrole nitrogens is 1. The molecule has 0 spiro atoms. The van der Waals surface area contributed by atoms with E-state index in [-0.39, 0.29) is 35.5 Å². The summed E-state index contributed by atoms with van der Waals surface area (Å²) in [5.41, 5.74) is 7.97. The van der Waals surface area contributed by atoms with Crippen molar-refractivity contribution in [2.75, 3.05) is 11.1 Å². The zero-order valence-corrected chi connectivity index (χ0v) is 21.0. The molecule has 4 aromatic carbocycles. The van der Waals surface area contributed by atoms with E-state index in [1.54, 1.807) is 54.6 Å². The molecule has 0 unspecified atom stereocenters. The minimum atomic E-state index is -0.673. The first kappa shape index (κ1) is 26.2. The number of hydrogen-bond donors (Lipinski definition) is 4. The number of carbonyl (C=O) groups excluding carboxylic acids is 2. The number of hydrogen-bond acceptors (Lipinski definition) is 5. The molecular weight excluding hydrogens is 516 g/mol. The van der Waals surface area contributed by atoms with Crippen LogP contribution >= 0.6 is 0 Å². The van der Waals surface area contributed by atoms with Gasteiger partial charge in [0.05, 0.1) is 28.0 Å². The van der Waals surface area contributed by atoms with Crippen LogP contribution in [0.5, 0.6) is 0 Å². The van der Waals surface area contributed by atoms with E-state index in [9.17, 15) is 23.2 Å². The Kier molecular flexibility index (Phi) is 7.32.